The van der Waals surface area contributed by atoms with Crippen molar-refractivity contribution >= 4 is 0 Å². The van der Waals surface area contributed by atoms with E-state index >= 15 is 0 Å². The van der Waals surface area contributed by atoms with Crippen molar-refractivity contribution in [3.63, 3.8) is 0 Å². The average Bonchev–Trinajstić information content (AvgIpc) is 2.41. The highest BCUT2D eigenvalue weighted by Gasteiger charge is 2.36. The molecule has 2 rings (SSSR count). The van der Waals surface area contributed by atoms with Crippen LogP contribution in [0.1, 0.15) is 12.8 Å². The van der Waals surface area contributed by atoms with Gasteiger partial charge in [-0.1, -0.05) is 0 Å². The lowest BCUT2D eigenvalue weighted by molar-refractivity contribution is -0.153. The Morgan fingerprint density at radius 2 is 1.88 bits per heavy atom. The number of hydrogen-bond acceptors (Lipinski definition) is 6. The monoisotopic (exact) mass is 240 g/mol. The highest BCUT2D eigenvalue weighted by Crippen LogP contribution is 2.22. The van der Waals surface area contributed by atoms with E-state index in [-0.39, 0.29) is 0 Å². The summed E-state index contributed by atoms with van der Waals surface area (Å²) in [6.45, 7) is 4.75. The maximum absolute atomic E-state index is 9.40. The highest BCUT2D eigenvalue weighted by molar-refractivity contribution is 5.08. The number of hydrazine groups is 1. The fraction of sp³-hybridized carbons (Fsp3) is 0.909. The van der Waals surface area contributed by atoms with Crippen molar-refractivity contribution in [3.05, 3.63) is 0 Å². The smallest absolute Gasteiger partial charge is 0.121 e. The zero-order valence-electron chi connectivity index (χ0n) is 10.3. The molecule has 0 unspecified atom stereocenters. The van der Waals surface area contributed by atoms with E-state index in [9.17, 15) is 5.26 Å². The van der Waals surface area contributed by atoms with Gasteiger partial charge in [-0.15, -0.1) is 0 Å². The number of hydroxylamine groups is 2. The molecule has 0 spiro atoms. The van der Waals surface area contributed by atoms with Crippen LogP contribution < -0.4 is 5.43 Å². The SMILES string of the molecule is CON1CCC(C#N)(NN2CCOCC2)CC1. The van der Waals surface area contributed by atoms with Crippen LogP contribution in [0.25, 0.3) is 0 Å². The van der Waals surface area contributed by atoms with Crippen LogP contribution in [0.5, 0.6) is 0 Å². The van der Waals surface area contributed by atoms with Crippen molar-refractivity contribution in [3.8, 4) is 6.07 Å². The first-order valence-electron chi connectivity index (χ1n) is 6.09. The molecule has 0 saturated carbocycles. The third-order valence-electron chi connectivity index (χ3n) is 3.43. The maximum atomic E-state index is 9.40. The van der Waals surface area contributed by atoms with Crippen molar-refractivity contribution in [2.24, 2.45) is 0 Å². The van der Waals surface area contributed by atoms with Crippen LogP contribution in [0.2, 0.25) is 0 Å². The third-order valence-corrected chi connectivity index (χ3v) is 3.43. The van der Waals surface area contributed by atoms with Gasteiger partial charge in [0.05, 0.1) is 26.4 Å². The Morgan fingerprint density at radius 3 is 2.41 bits per heavy atom. The Hall–Kier alpha value is -0.710. The van der Waals surface area contributed by atoms with E-state index in [0.29, 0.717) is 0 Å². The van der Waals surface area contributed by atoms with Gasteiger partial charge >= 0.3 is 0 Å². The second-order valence-electron chi connectivity index (χ2n) is 4.52. The fourth-order valence-electron chi connectivity index (χ4n) is 2.28. The maximum Gasteiger partial charge on any atom is 0.121 e. The van der Waals surface area contributed by atoms with E-state index in [2.05, 4.69) is 16.5 Å². The van der Waals surface area contributed by atoms with Crippen LogP contribution >= 0.6 is 0 Å². The van der Waals surface area contributed by atoms with Gasteiger partial charge in [0.2, 0.25) is 0 Å². The van der Waals surface area contributed by atoms with Gasteiger partial charge in [-0.05, 0) is 12.8 Å². The summed E-state index contributed by atoms with van der Waals surface area (Å²) in [6.07, 6.45) is 1.57. The minimum absolute atomic E-state index is 0.438. The lowest BCUT2D eigenvalue weighted by Crippen LogP contribution is -2.60. The molecule has 0 bridgehead atoms. The van der Waals surface area contributed by atoms with E-state index in [4.69, 9.17) is 9.57 Å². The quantitative estimate of drug-likeness (QED) is 0.733. The molecule has 1 N–H and O–H groups in total. The van der Waals surface area contributed by atoms with Crippen LogP contribution in [-0.2, 0) is 9.57 Å². The highest BCUT2D eigenvalue weighted by atomic mass is 16.7. The lowest BCUT2D eigenvalue weighted by Gasteiger charge is -2.41. The minimum atomic E-state index is -0.438. The molecule has 0 aromatic carbocycles. The molecule has 2 aliphatic rings. The number of rotatable bonds is 3. The van der Waals surface area contributed by atoms with Gasteiger partial charge in [0.25, 0.3) is 0 Å². The molecule has 0 aromatic rings. The van der Waals surface area contributed by atoms with E-state index in [1.54, 1.807) is 7.11 Å². The average molecular weight is 240 g/mol. The number of nitrogens with zero attached hydrogens (tertiary/aromatic N) is 3. The van der Waals surface area contributed by atoms with Crippen LogP contribution in [-0.4, -0.2) is 62.1 Å². The van der Waals surface area contributed by atoms with Crippen LogP contribution in [0.15, 0.2) is 0 Å². The zero-order valence-corrected chi connectivity index (χ0v) is 10.3. The first kappa shape index (κ1) is 12.7. The van der Waals surface area contributed by atoms with Crippen LogP contribution in [0.4, 0.5) is 0 Å². The lowest BCUT2D eigenvalue weighted by atomic mass is 9.90. The topological polar surface area (TPSA) is 60.8 Å². The van der Waals surface area contributed by atoms with Crippen molar-refractivity contribution in [1.29, 1.82) is 5.26 Å². The standard InChI is InChI=1S/C11H20N4O2/c1-16-15-4-2-11(10-12,3-5-15)13-14-6-8-17-9-7-14/h13H,2-9H2,1H3. The molecule has 0 aromatic heterocycles. The van der Waals surface area contributed by atoms with Crippen molar-refractivity contribution in [2.75, 3.05) is 46.5 Å². The molecule has 6 heteroatoms. The predicted molar refractivity (Wildman–Crippen MR) is 61.7 cm³/mol. The van der Waals surface area contributed by atoms with E-state index in [1.165, 1.54) is 0 Å². The number of nitrogens with one attached hydrogen (secondary N) is 1. The van der Waals surface area contributed by atoms with Crippen molar-refractivity contribution in [1.82, 2.24) is 15.5 Å². The molecule has 2 fully saturated rings. The summed E-state index contributed by atoms with van der Waals surface area (Å²) in [6, 6.07) is 2.43. The van der Waals surface area contributed by atoms with Gasteiger partial charge in [-0.3, -0.25) is 0 Å². The predicted octanol–water partition coefficient (Wildman–Crippen LogP) is -0.257. The Morgan fingerprint density at radius 1 is 1.24 bits per heavy atom. The summed E-state index contributed by atoms with van der Waals surface area (Å²) in [7, 11) is 1.68. The summed E-state index contributed by atoms with van der Waals surface area (Å²) in [4.78, 5) is 5.18. The first-order chi connectivity index (χ1) is 8.28. The zero-order chi connectivity index (χ0) is 12.1. The number of piperidine rings is 1. The summed E-state index contributed by atoms with van der Waals surface area (Å²) in [5, 5.41) is 13.4. The minimum Gasteiger partial charge on any atom is -0.379 e. The molecule has 6 nitrogen and oxygen atoms in total. The molecule has 0 atom stereocenters. The van der Waals surface area contributed by atoms with Crippen molar-refractivity contribution < 1.29 is 9.57 Å². The van der Waals surface area contributed by atoms with Gasteiger partial charge in [0, 0.05) is 26.2 Å². The Labute approximate surface area is 102 Å². The van der Waals surface area contributed by atoms with Gasteiger partial charge < -0.3 is 9.57 Å². The van der Waals surface area contributed by atoms with Crippen LogP contribution in [0, 0.1) is 11.3 Å². The fourth-order valence-corrected chi connectivity index (χ4v) is 2.28. The molecule has 0 radical (unpaired) electrons. The molecule has 0 aliphatic carbocycles. The van der Waals surface area contributed by atoms with Gasteiger partial charge in [0.1, 0.15) is 5.54 Å². The Bertz CT molecular complexity index is 278. The van der Waals surface area contributed by atoms with E-state index in [1.807, 2.05) is 5.06 Å². The first-order valence-corrected chi connectivity index (χ1v) is 6.09. The summed E-state index contributed by atoms with van der Waals surface area (Å²) < 4.78 is 5.30. The Balaban J connectivity index is 1.89. The van der Waals surface area contributed by atoms with Crippen molar-refractivity contribution in [2.45, 2.75) is 18.4 Å². The molecule has 2 heterocycles. The summed E-state index contributed by atoms with van der Waals surface area (Å²) in [5.41, 5.74) is 2.94. The third kappa shape index (κ3) is 3.15. The molecule has 17 heavy (non-hydrogen) atoms. The number of morpholine rings is 1. The largest absolute Gasteiger partial charge is 0.379 e. The van der Waals surface area contributed by atoms with E-state index in [0.717, 1.165) is 52.2 Å². The molecule has 96 valence electrons. The number of ether oxygens (including phenoxy) is 1. The van der Waals surface area contributed by atoms with Crippen LogP contribution in [0.3, 0.4) is 0 Å². The molecular weight excluding hydrogens is 220 g/mol. The van der Waals surface area contributed by atoms with Gasteiger partial charge in [-0.25, -0.2) is 10.4 Å². The number of nitriles is 1. The molecule has 0 amide bonds. The second kappa shape index (κ2) is 5.76. The van der Waals surface area contributed by atoms with Gasteiger partial charge in [-0.2, -0.15) is 10.3 Å². The normalized spacial score (nSPS) is 26.6. The Kier molecular flexibility index (Phi) is 4.31. The second-order valence-corrected chi connectivity index (χ2v) is 4.52. The molecule has 2 saturated heterocycles. The van der Waals surface area contributed by atoms with Gasteiger partial charge in [0.15, 0.2) is 0 Å². The molecular formula is C11H20N4O2. The molecule has 2 aliphatic heterocycles. The summed E-state index contributed by atoms with van der Waals surface area (Å²) >= 11 is 0. The summed E-state index contributed by atoms with van der Waals surface area (Å²) in [5.74, 6) is 0. The number of hydrogen-bond donors (Lipinski definition) is 1. The van der Waals surface area contributed by atoms with E-state index < -0.39 is 5.54 Å².